The van der Waals surface area contributed by atoms with Crippen LogP contribution in [0.4, 0.5) is 0 Å². The van der Waals surface area contributed by atoms with Gasteiger partial charge in [-0.05, 0) is 28.8 Å². The van der Waals surface area contributed by atoms with Crippen molar-refractivity contribution in [2.24, 2.45) is 5.73 Å². The molecule has 3 N–H and O–H groups in total. The highest BCUT2D eigenvalue weighted by Crippen LogP contribution is 2.24. The fraction of sp³-hybridized carbons (Fsp3) is 0.0714. The highest BCUT2D eigenvalue weighted by atomic mass is 79.9. The minimum Gasteiger partial charge on any atom is -0.480 e. The minimum absolute atomic E-state index is 0.598. The summed E-state index contributed by atoms with van der Waals surface area (Å²) in [6.45, 7) is 0. The van der Waals surface area contributed by atoms with Gasteiger partial charge in [-0.25, -0.2) is 0 Å². The zero-order valence-electron chi connectivity index (χ0n) is 9.51. The van der Waals surface area contributed by atoms with Gasteiger partial charge in [-0.2, -0.15) is 0 Å². The van der Waals surface area contributed by atoms with E-state index in [1.54, 1.807) is 12.1 Å². The number of aliphatic carboxylic acids is 1. The van der Waals surface area contributed by atoms with E-state index in [1.807, 2.05) is 36.4 Å². The summed E-state index contributed by atoms with van der Waals surface area (Å²) in [7, 11) is 0. The van der Waals surface area contributed by atoms with Crippen molar-refractivity contribution in [3.05, 3.63) is 58.6 Å². The molecule has 0 aromatic heterocycles. The number of rotatable bonds is 3. The number of halogens is 1. The van der Waals surface area contributed by atoms with E-state index in [2.05, 4.69) is 15.9 Å². The molecule has 2 aromatic carbocycles. The number of benzene rings is 2. The van der Waals surface area contributed by atoms with Gasteiger partial charge in [-0.15, -0.1) is 0 Å². The van der Waals surface area contributed by atoms with Crippen molar-refractivity contribution in [3.8, 4) is 11.1 Å². The molecule has 1 unspecified atom stereocenters. The molecule has 0 saturated carbocycles. The molecule has 1 atom stereocenters. The fourth-order valence-corrected chi connectivity index (χ4v) is 2.09. The summed E-state index contributed by atoms with van der Waals surface area (Å²) >= 11 is 3.42. The molecular formula is C14H12BrNO2. The Kier molecular flexibility index (Phi) is 3.79. The molecule has 0 amide bonds. The van der Waals surface area contributed by atoms with Gasteiger partial charge in [0, 0.05) is 4.47 Å². The summed E-state index contributed by atoms with van der Waals surface area (Å²) in [5.41, 5.74) is 8.24. The average Bonchev–Trinajstić information content (AvgIpc) is 2.38. The summed E-state index contributed by atoms with van der Waals surface area (Å²) in [6.07, 6.45) is 0. The summed E-state index contributed by atoms with van der Waals surface area (Å²) in [4.78, 5) is 10.8. The summed E-state index contributed by atoms with van der Waals surface area (Å²) in [6, 6.07) is 14.2. The standard InChI is InChI=1S/C14H12BrNO2/c15-12-3-1-2-11(8-12)9-4-6-10(7-5-9)13(16)14(17)18/h1-8,13H,16H2,(H,17,18). The second-order valence-electron chi connectivity index (χ2n) is 3.95. The lowest BCUT2D eigenvalue weighted by Gasteiger charge is -2.08. The van der Waals surface area contributed by atoms with E-state index in [1.165, 1.54) is 0 Å². The third-order valence-corrected chi connectivity index (χ3v) is 3.19. The van der Waals surface area contributed by atoms with Crippen molar-refractivity contribution in [1.82, 2.24) is 0 Å². The van der Waals surface area contributed by atoms with Gasteiger partial charge in [0.05, 0.1) is 0 Å². The van der Waals surface area contributed by atoms with Crippen molar-refractivity contribution < 1.29 is 9.90 Å². The van der Waals surface area contributed by atoms with Crippen LogP contribution >= 0.6 is 15.9 Å². The number of carbonyl (C=O) groups is 1. The molecule has 92 valence electrons. The molecule has 0 spiro atoms. The molecular weight excluding hydrogens is 294 g/mol. The Morgan fingerprint density at radius 2 is 1.78 bits per heavy atom. The van der Waals surface area contributed by atoms with Gasteiger partial charge in [0.15, 0.2) is 0 Å². The molecule has 0 heterocycles. The number of carboxylic acid groups (broad SMARTS) is 1. The Bertz CT molecular complexity index is 566. The molecule has 4 heteroatoms. The second kappa shape index (κ2) is 5.33. The number of nitrogens with two attached hydrogens (primary N) is 1. The van der Waals surface area contributed by atoms with Crippen LogP contribution in [0.5, 0.6) is 0 Å². The third-order valence-electron chi connectivity index (χ3n) is 2.69. The average molecular weight is 306 g/mol. The Morgan fingerprint density at radius 3 is 2.33 bits per heavy atom. The normalized spacial score (nSPS) is 12.1. The predicted octanol–water partition coefficient (Wildman–Crippen LogP) is 3.20. The van der Waals surface area contributed by atoms with Crippen molar-refractivity contribution in [2.75, 3.05) is 0 Å². The monoisotopic (exact) mass is 305 g/mol. The zero-order valence-corrected chi connectivity index (χ0v) is 11.1. The van der Waals surface area contributed by atoms with E-state index >= 15 is 0 Å². The summed E-state index contributed by atoms with van der Waals surface area (Å²) in [5.74, 6) is -1.02. The van der Waals surface area contributed by atoms with Gasteiger partial charge < -0.3 is 10.8 Å². The van der Waals surface area contributed by atoms with Crippen molar-refractivity contribution in [3.63, 3.8) is 0 Å². The predicted molar refractivity (Wildman–Crippen MR) is 74.1 cm³/mol. The first-order valence-electron chi connectivity index (χ1n) is 5.42. The maximum absolute atomic E-state index is 10.8. The first-order valence-corrected chi connectivity index (χ1v) is 6.21. The van der Waals surface area contributed by atoms with Gasteiger partial charge in [0.1, 0.15) is 6.04 Å². The van der Waals surface area contributed by atoms with E-state index in [0.29, 0.717) is 5.56 Å². The highest BCUT2D eigenvalue weighted by Gasteiger charge is 2.13. The molecule has 2 aromatic rings. The van der Waals surface area contributed by atoms with E-state index in [9.17, 15) is 4.79 Å². The van der Waals surface area contributed by atoms with E-state index in [-0.39, 0.29) is 0 Å². The molecule has 18 heavy (non-hydrogen) atoms. The smallest absolute Gasteiger partial charge is 0.325 e. The van der Waals surface area contributed by atoms with Gasteiger partial charge >= 0.3 is 5.97 Å². The van der Waals surface area contributed by atoms with E-state index in [0.717, 1.165) is 15.6 Å². The molecule has 2 rings (SSSR count). The lowest BCUT2D eigenvalue weighted by Crippen LogP contribution is -2.20. The van der Waals surface area contributed by atoms with Gasteiger partial charge in [0.25, 0.3) is 0 Å². The molecule has 3 nitrogen and oxygen atoms in total. The number of hydrogen-bond donors (Lipinski definition) is 2. The van der Waals surface area contributed by atoms with Crippen LogP contribution in [0.3, 0.4) is 0 Å². The lowest BCUT2D eigenvalue weighted by atomic mass is 10.0. The highest BCUT2D eigenvalue weighted by molar-refractivity contribution is 9.10. The maximum Gasteiger partial charge on any atom is 0.325 e. The van der Waals surface area contributed by atoms with Crippen molar-refractivity contribution >= 4 is 21.9 Å². The Labute approximate surface area is 113 Å². The van der Waals surface area contributed by atoms with Crippen LogP contribution in [0.25, 0.3) is 11.1 Å². The fourth-order valence-electron chi connectivity index (χ4n) is 1.69. The topological polar surface area (TPSA) is 63.3 Å². The quantitative estimate of drug-likeness (QED) is 0.915. The maximum atomic E-state index is 10.8. The van der Waals surface area contributed by atoms with Crippen LogP contribution in [0, 0.1) is 0 Å². The third kappa shape index (κ3) is 2.78. The Morgan fingerprint density at radius 1 is 1.11 bits per heavy atom. The van der Waals surface area contributed by atoms with E-state index in [4.69, 9.17) is 10.8 Å². The molecule has 0 radical (unpaired) electrons. The Hall–Kier alpha value is -1.65. The van der Waals surface area contributed by atoms with Crippen LogP contribution in [-0.4, -0.2) is 11.1 Å². The van der Waals surface area contributed by atoms with Crippen LogP contribution < -0.4 is 5.73 Å². The molecule has 0 aliphatic carbocycles. The molecule has 0 aliphatic rings. The largest absolute Gasteiger partial charge is 0.480 e. The zero-order chi connectivity index (χ0) is 13.1. The van der Waals surface area contributed by atoms with Gasteiger partial charge in [-0.1, -0.05) is 52.3 Å². The summed E-state index contributed by atoms with van der Waals surface area (Å²) in [5, 5.41) is 8.83. The van der Waals surface area contributed by atoms with Crippen LogP contribution in [0.15, 0.2) is 53.0 Å². The SMILES string of the molecule is NC(C(=O)O)c1ccc(-c2cccc(Br)c2)cc1. The van der Waals surface area contributed by atoms with E-state index < -0.39 is 12.0 Å². The molecule has 0 aliphatic heterocycles. The van der Waals surface area contributed by atoms with Gasteiger partial charge in [0.2, 0.25) is 0 Å². The molecule has 0 bridgehead atoms. The van der Waals surface area contributed by atoms with Crippen molar-refractivity contribution in [2.45, 2.75) is 6.04 Å². The lowest BCUT2D eigenvalue weighted by molar-refractivity contribution is -0.138. The molecule has 0 fully saturated rings. The second-order valence-corrected chi connectivity index (χ2v) is 4.86. The summed E-state index contributed by atoms with van der Waals surface area (Å²) < 4.78 is 1.01. The van der Waals surface area contributed by atoms with Crippen LogP contribution in [0.2, 0.25) is 0 Å². The minimum atomic E-state index is -1.02. The van der Waals surface area contributed by atoms with Crippen LogP contribution in [0.1, 0.15) is 11.6 Å². The van der Waals surface area contributed by atoms with Crippen LogP contribution in [-0.2, 0) is 4.79 Å². The molecule has 0 saturated heterocycles. The van der Waals surface area contributed by atoms with Crippen molar-refractivity contribution in [1.29, 1.82) is 0 Å². The number of hydrogen-bond acceptors (Lipinski definition) is 2. The first kappa shape index (κ1) is 12.8. The number of carboxylic acids is 1. The van der Waals surface area contributed by atoms with Gasteiger partial charge in [-0.3, -0.25) is 4.79 Å². The Balaban J connectivity index is 2.30. The first-order chi connectivity index (χ1) is 8.58.